The third-order valence-corrected chi connectivity index (χ3v) is 4.90. The standard InChI is InChI=1S/C15H18F3N3O2S/c1-9(2)6-11-8-24-14(20(11)3)19-13-5-4-10(21(22)23)7-12(13)15(16,17)18/h4-5,7,9,11H,6,8H2,1-3H3. The fourth-order valence-electron chi connectivity index (χ4n) is 2.49. The van der Waals surface area contributed by atoms with Crippen molar-refractivity contribution in [3.63, 3.8) is 0 Å². The van der Waals surface area contributed by atoms with E-state index in [1.165, 1.54) is 11.8 Å². The monoisotopic (exact) mass is 361 g/mol. The van der Waals surface area contributed by atoms with Crippen molar-refractivity contribution in [1.29, 1.82) is 0 Å². The van der Waals surface area contributed by atoms with Crippen LogP contribution in [-0.2, 0) is 6.18 Å². The molecule has 1 fully saturated rings. The van der Waals surface area contributed by atoms with E-state index in [2.05, 4.69) is 18.8 Å². The maximum absolute atomic E-state index is 13.2. The zero-order valence-corrected chi connectivity index (χ0v) is 14.3. The minimum Gasteiger partial charge on any atom is -0.350 e. The number of nitro benzene ring substituents is 1. The largest absolute Gasteiger partial charge is 0.418 e. The molecule has 0 aromatic heterocycles. The molecule has 0 amide bonds. The number of rotatable bonds is 4. The molecule has 24 heavy (non-hydrogen) atoms. The highest BCUT2D eigenvalue weighted by molar-refractivity contribution is 8.14. The van der Waals surface area contributed by atoms with Crippen molar-refractivity contribution in [2.45, 2.75) is 32.5 Å². The van der Waals surface area contributed by atoms with Gasteiger partial charge < -0.3 is 4.90 Å². The predicted octanol–water partition coefficient (Wildman–Crippen LogP) is 4.69. The van der Waals surface area contributed by atoms with Crippen molar-refractivity contribution in [2.75, 3.05) is 12.8 Å². The number of thioether (sulfide) groups is 1. The molecule has 0 N–H and O–H groups in total. The van der Waals surface area contributed by atoms with Crippen molar-refractivity contribution < 1.29 is 18.1 Å². The van der Waals surface area contributed by atoms with E-state index in [-0.39, 0.29) is 11.7 Å². The van der Waals surface area contributed by atoms with Crippen LogP contribution in [0.2, 0.25) is 0 Å². The molecule has 0 bridgehead atoms. The number of benzene rings is 1. The Labute approximate surface area is 142 Å². The number of alkyl halides is 3. The van der Waals surface area contributed by atoms with Gasteiger partial charge in [-0.25, -0.2) is 4.99 Å². The van der Waals surface area contributed by atoms with Gasteiger partial charge in [-0.2, -0.15) is 13.2 Å². The van der Waals surface area contributed by atoms with E-state index in [1.54, 1.807) is 0 Å². The maximum atomic E-state index is 13.2. The number of nitrogens with zero attached hydrogens (tertiary/aromatic N) is 3. The lowest BCUT2D eigenvalue weighted by molar-refractivity contribution is -0.385. The second kappa shape index (κ2) is 7.00. The molecule has 0 radical (unpaired) electrons. The second-order valence-electron chi connectivity index (χ2n) is 6.06. The Morgan fingerprint density at radius 2 is 2.12 bits per heavy atom. The second-order valence-corrected chi connectivity index (χ2v) is 7.04. The molecule has 1 unspecified atom stereocenters. The summed E-state index contributed by atoms with van der Waals surface area (Å²) in [7, 11) is 1.81. The van der Waals surface area contributed by atoms with Crippen molar-refractivity contribution >= 4 is 28.3 Å². The average Bonchev–Trinajstić information content (AvgIpc) is 2.78. The molecule has 0 aliphatic carbocycles. The molecule has 1 aliphatic heterocycles. The summed E-state index contributed by atoms with van der Waals surface area (Å²) in [6.07, 6.45) is -3.78. The van der Waals surface area contributed by atoms with Crippen LogP contribution in [0.15, 0.2) is 23.2 Å². The summed E-state index contributed by atoms with van der Waals surface area (Å²) in [6.45, 7) is 4.18. The van der Waals surface area contributed by atoms with Crippen LogP contribution in [0, 0.1) is 16.0 Å². The predicted molar refractivity (Wildman–Crippen MR) is 88.7 cm³/mol. The number of hydrogen-bond donors (Lipinski definition) is 0. The van der Waals surface area contributed by atoms with E-state index in [9.17, 15) is 23.3 Å². The number of amidine groups is 1. The normalized spacial score (nSPS) is 20.2. The Morgan fingerprint density at radius 3 is 2.67 bits per heavy atom. The maximum Gasteiger partial charge on any atom is 0.418 e. The Bertz CT molecular complexity index is 662. The molecule has 1 aromatic carbocycles. The van der Waals surface area contributed by atoms with Gasteiger partial charge in [-0.3, -0.25) is 10.1 Å². The Hall–Kier alpha value is -1.77. The van der Waals surface area contributed by atoms with Gasteiger partial charge >= 0.3 is 6.18 Å². The summed E-state index contributed by atoms with van der Waals surface area (Å²) in [6, 6.07) is 2.85. The van der Waals surface area contributed by atoms with Crippen LogP contribution in [-0.4, -0.2) is 33.8 Å². The molecular weight excluding hydrogens is 343 g/mol. The fourth-order valence-corrected chi connectivity index (χ4v) is 3.70. The van der Waals surface area contributed by atoms with E-state index in [1.807, 2.05) is 11.9 Å². The lowest BCUT2D eigenvalue weighted by Crippen LogP contribution is -2.31. The quantitative estimate of drug-likeness (QED) is 0.576. The van der Waals surface area contributed by atoms with Crippen LogP contribution in [0.5, 0.6) is 0 Å². The molecule has 1 aromatic rings. The molecule has 132 valence electrons. The minimum absolute atomic E-state index is 0.223. The van der Waals surface area contributed by atoms with Crippen LogP contribution in [0.3, 0.4) is 0 Å². The van der Waals surface area contributed by atoms with E-state index in [0.29, 0.717) is 17.2 Å². The van der Waals surface area contributed by atoms with Crippen LogP contribution in [0.1, 0.15) is 25.8 Å². The zero-order chi connectivity index (χ0) is 18.1. The summed E-state index contributed by atoms with van der Waals surface area (Å²) >= 11 is 1.40. The molecule has 5 nitrogen and oxygen atoms in total. The first kappa shape index (κ1) is 18.6. The van der Waals surface area contributed by atoms with Crippen molar-refractivity contribution in [2.24, 2.45) is 10.9 Å². The van der Waals surface area contributed by atoms with Crippen LogP contribution >= 0.6 is 11.8 Å². The number of hydrogen-bond acceptors (Lipinski definition) is 4. The lowest BCUT2D eigenvalue weighted by Gasteiger charge is -2.22. The highest BCUT2D eigenvalue weighted by Crippen LogP contribution is 2.39. The van der Waals surface area contributed by atoms with Gasteiger partial charge in [-0.05, 0) is 18.4 Å². The lowest BCUT2D eigenvalue weighted by atomic mass is 10.0. The van der Waals surface area contributed by atoms with Gasteiger partial charge in [0.05, 0.1) is 16.2 Å². The van der Waals surface area contributed by atoms with E-state index in [0.717, 1.165) is 24.3 Å². The van der Waals surface area contributed by atoms with E-state index < -0.39 is 22.4 Å². The Morgan fingerprint density at radius 1 is 1.46 bits per heavy atom. The van der Waals surface area contributed by atoms with Crippen molar-refractivity contribution in [1.82, 2.24) is 4.90 Å². The molecule has 0 spiro atoms. The number of aliphatic imine (C=N–C) groups is 1. The van der Waals surface area contributed by atoms with Crippen molar-refractivity contribution in [3.8, 4) is 0 Å². The van der Waals surface area contributed by atoms with E-state index >= 15 is 0 Å². The van der Waals surface area contributed by atoms with Crippen molar-refractivity contribution in [3.05, 3.63) is 33.9 Å². The first-order chi connectivity index (χ1) is 11.1. The van der Waals surface area contributed by atoms with Crippen LogP contribution < -0.4 is 0 Å². The van der Waals surface area contributed by atoms with E-state index in [4.69, 9.17) is 0 Å². The Kier molecular flexibility index (Phi) is 5.42. The summed E-state index contributed by atoms with van der Waals surface area (Å²) in [4.78, 5) is 15.9. The number of non-ortho nitro benzene ring substituents is 1. The molecule has 9 heteroatoms. The van der Waals surface area contributed by atoms with Crippen LogP contribution in [0.4, 0.5) is 24.5 Å². The third-order valence-electron chi connectivity index (χ3n) is 3.71. The van der Waals surface area contributed by atoms with Gasteiger partial charge in [0, 0.05) is 31.0 Å². The van der Waals surface area contributed by atoms with Gasteiger partial charge in [-0.15, -0.1) is 0 Å². The van der Waals surface area contributed by atoms with Gasteiger partial charge in [0.25, 0.3) is 5.69 Å². The third kappa shape index (κ3) is 4.19. The molecule has 1 heterocycles. The minimum atomic E-state index is -4.70. The van der Waals surface area contributed by atoms with Gasteiger partial charge in [0.1, 0.15) is 0 Å². The van der Waals surface area contributed by atoms with Gasteiger partial charge in [0.15, 0.2) is 5.17 Å². The van der Waals surface area contributed by atoms with Gasteiger partial charge in [0.2, 0.25) is 0 Å². The highest BCUT2D eigenvalue weighted by Gasteiger charge is 2.36. The summed E-state index contributed by atoms with van der Waals surface area (Å²) in [5.74, 6) is 1.24. The highest BCUT2D eigenvalue weighted by atomic mass is 32.2. The first-order valence-electron chi connectivity index (χ1n) is 7.39. The molecule has 0 saturated carbocycles. The fraction of sp³-hybridized carbons (Fsp3) is 0.533. The number of nitro groups is 1. The summed E-state index contributed by atoms with van der Waals surface area (Å²) < 4.78 is 39.6. The molecule has 1 atom stereocenters. The topological polar surface area (TPSA) is 58.7 Å². The molecule has 2 rings (SSSR count). The SMILES string of the molecule is CC(C)CC1CSC(=Nc2ccc([N+](=O)[O-])cc2C(F)(F)F)N1C. The average molecular weight is 361 g/mol. The first-order valence-corrected chi connectivity index (χ1v) is 8.38. The molecule has 1 aliphatic rings. The summed E-state index contributed by atoms with van der Waals surface area (Å²) in [5.41, 5.74) is -1.99. The van der Waals surface area contributed by atoms with Crippen LogP contribution in [0.25, 0.3) is 0 Å². The smallest absolute Gasteiger partial charge is 0.350 e. The Balaban J connectivity index is 2.37. The summed E-state index contributed by atoms with van der Waals surface area (Å²) in [5, 5.41) is 11.2. The molecular formula is C15H18F3N3O2S. The van der Waals surface area contributed by atoms with Gasteiger partial charge in [-0.1, -0.05) is 25.6 Å². The molecule has 1 saturated heterocycles. The number of halogens is 3. The zero-order valence-electron chi connectivity index (χ0n) is 13.5.